The molecule has 1 amide bonds. The molecule has 2 aliphatic heterocycles. The van der Waals surface area contributed by atoms with Gasteiger partial charge in [-0.1, -0.05) is 45.0 Å². The number of likely N-dealkylation sites (tertiary alicyclic amines) is 2. The summed E-state index contributed by atoms with van der Waals surface area (Å²) in [6, 6.07) is 11.9. The number of carbonyl (C=O) groups excluding carboxylic acids is 1. The summed E-state index contributed by atoms with van der Waals surface area (Å²) in [4.78, 5) is 27.1. The number of amides is 1. The van der Waals surface area contributed by atoms with E-state index in [1.165, 1.54) is 30.0 Å². The quantitative estimate of drug-likeness (QED) is 0.251. The van der Waals surface area contributed by atoms with Gasteiger partial charge >= 0.3 is 6.18 Å². The van der Waals surface area contributed by atoms with Crippen LogP contribution in [0.15, 0.2) is 42.5 Å². The van der Waals surface area contributed by atoms with Crippen molar-refractivity contribution < 1.29 is 22.9 Å². The zero-order valence-electron chi connectivity index (χ0n) is 24.9. The Bertz CT molecular complexity index is 1210. The lowest BCUT2D eigenvalue weighted by molar-refractivity contribution is -0.388. The van der Waals surface area contributed by atoms with Crippen molar-refractivity contribution in [2.45, 2.75) is 83.4 Å². The van der Waals surface area contributed by atoms with Crippen LogP contribution in [0.3, 0.4) is 0 Å². The Hall–Kier alpha value is -3.14. The minimum absolute atomic E-state index is 0.102. The molecule has 2 aliphatic rings. The third kappa shape index (κ3) is 8.69. The maximum absolute atomic E-state index is 13.3. The zero-order chi connectivity index (χ0) is 30.5. The number of nitro benzene ring substituents is 1. The number of nitrogens with zero attached hydrogens (tertiary/aromatic N) is 3. The second-order valence-electron chi connectivity index (χ2n) is 12.8. The first-order valence-electron chi connectivity index (χ1n) is 15.0. The largest absolute Gasteiger partial charge is 0.423 e. The molecule has 0 radical (unpaired) electrons. The lowest BCUT2D eigenvalue weighted by atomic mass is 9.85. The van der Waals surface area contributed by atoms with E-state index in [2.05, 4.69) is 55.3 Å². The van der Waals surface area contributed by atoms with E-state index < -0.39 is 22.4 Å². The van der Waals surface area contributed by atoms with Gasteiger partial charge in [-0.05, 0) is 92.8 Å². The van der Waals surface area contributed by atoms with Crippen molar-refractivity contribution in [2.75, 3.05) is 38.0 Å². The molecule has 2 aromatic carbocycles. The lowest BCUT2D eigenvalue weighted by Gasteiger charge is -2.34. The van der Waals surface area contributed by atoms with E-state index in [1.54, 1.807) is 0 Å². The van der Waals surface area contributed by atoms with Gasteiger partial charge < -0.3 is 15.1 Å². The van der Waals surface area contributed by atoms with E-state index in [9.17, 15) is 28.1 Å². The molecular formula is C32H43F3N4O3. The van der Waals surface area contributed by atoms with Crippen molar-refractivity contribution >= 4 is 17.3 Å². The number of alkyl halides is 3. The minimum atomic E-state index is -4.81. The third-order valence-electron chi connectivity index (χ3n) is 8.63. The normalized spacial score (nSPS) is 17.8. The molecule has 4 rings (SSSR count). The number of nitro groups is 1. The molecule has 2 heterocycles. The summed E-state index contributed by atoms with van der Waals surface area (Å²) in [7, 11) is 0. The first-order valence-corrected chi connectivity index (χ1v) is 15.0. The summed E-state index contributed by atoms with van der Waals surface area (Å²) >= 11 is 0. The summed E-state index contributed by atoms with van der Waals surface area (Å²) in [5.41, 5.74) is 0.912. The van der Waals surface area contributed by atoms with Gasteiger partial charge in [0.25, 0.3) is 5.69 Å². The molecule has 0 aliphatic carbocycles. The van der Waals surface area contributed by atoms with Crippen LogP contribution in [-0.2, 0) is 22.8 Å². The monoisotopic (exact) mass is 588 g/mol. The number of nitrogens with one attached hydrogen (secondary N) is 1. The van der Waals surface area contributed by atoms with Crippen LogP contribution in [0.5, 0.6) is 0 Å². The third-order valence-corrected chi connectivity index (χ3v) is 8.63. The predicted molar refractivity (Wildman–Crippen MR) is 159 cm³/mol. The Morgan fingerprint density at radius 1 is 0.976 bits per heavy atom. The minimum Gasteiger partial charge on any atom is -0.382 e. The fourth-order valence-corrected chi connectivity index (χ4v) is 6.02. The summed E-state index contributed by atoms with van der Waals surface area (Å²) in [5.74, 6) is 0.820. The van der Waals surface area contributed by atoms with Gasteiger partial charge in [0.2, 0.25) is 5.91 Å². The van der Waals surface area contributed by atoms with E-state index in [1.807, 2.05) is 4.90 Å². The van der Waals surface area contributed by atoms with Crippen LogP contribution in [0.4, 0.5) is 24.5 Å². The molecular weight excluding hydrogens is 545 g/mol. The second-order valence-corrected chi connectivity index (χ2v) is 12.8. The molecule has 0 atom stereocenters. The number of hydrogen-bond donors (Lipinski definition) is 1. The molecule has 230 valence electrons. The predicted octanol–water partition coefficient (Wildman–Crippen LogP) is 7.05. The lowest BCUT2D eigenvalue weighted by Crippen LogP contribution is -2.42. The van der Waals surface area contributed by atoms with Crippen LogP contribution in [0.25, 0.3) is 0 Å². The first kappa shape index (κ1) is 31.8. The van der Waals surface area contributed by atoms with Crippen molar-refractivity contribution in [2.24, 2.45) is 5.92 Å². The molecule has 10 heteroatoms. The second kappa shape index (κ2) is 13.4. The molecule has 42 heavy (non-hydrogen) atoms. The average Bonchev–Trinajstić information content (AvgIpc) is 2.93. The molecule has 0 spiro atoms. The van der Waals surface area contributed by atoms with E-state index in [0.717, 1.165) is 44.6 Å². The van der Waals surface area contributed by atoms with E-state index in [0.29, 0.717) is 38.3 Å². The van der Waals surface area contributed by atoms with E-state index in [4.69, 9.17) is 0 Å². The molecule has 0 saturated carbocycles. The number of rotatable bonds is 9. The highest BCUT2D eigenvalue weighted by atomic mass is 19.4. The molecule has 7 nitrogen and oxygen atoms in total. The Morgan fingerprint density at radius 2 is 1.62 bits per heavy atom. The highest BCUT2D eigenvalue weighted by Crippen LogP contribution is 2.38. The van der Waals surface area contributed by atoms with Crippen molar-refractivity contribution in [3.8, 4) is 0 Å². The number of benzene rings is 2. The summed E-state index contributed by atoms with van der Waals surface area (Å²) in [5, 5.41) is 14.1. The number of carbonyl (C=O) groups is 1. The van der Waals surface area contributed by atoms with Crippen LogP contribution >= 0.6 is 0 Å². The Kier molecular flexibility index (Phi) is 10.2. The standard InChI is InChI=1S/C32H43F3N4O3/c1-31(2,3)25-8-6-23(7-9-25)21-24-12-17-37(18-13-24)16-4-5-30(40)38-19-14-26(15-20-38)36-27-10-11-29(39(41)42)28(22-27)32(33,34)35/h6-11,22,24,26,36H,4-5,12-21H2,1-3H3. The summed E-state index contributed by atoms with van der Waals surface area (Å²) < 4.78 is 39.9. The molecule has 2 aromatic rings. The molecule has 0 unspecified atom stereocenters. The molecule has 2 fully saturated rings. The van der Waals surface area contributed by atoms with Gasteiger partial charge in [-0.15, -0.1) is 0 Å². The van der Waals surface area contributed by atoms with Crippen molar-refractivity contribution in [1.29, 1.82) is 0 Å². The maximum Gasteiger partial charge on any atom is 0.423 e. The van der Waals surface area contributed by atoms with Crippen molar-refractivity contribution in [3.63, 3.8) is 0 Å². The van der Waals surface area contributed by atoms with Gasteiger partial charge in [-0.2, -0.15) is 13.2 Å². The van der Waals surface area contributed by atoms with Gasteiger partial charge in [0, 0.05) is 37.3 Å². The van der Waals surface area contributed by atoms with Gasteiger partial charge in [0.15, 0.2) is 0 Å². The molecule has 0 bridgehead atoms. The summed E-state index contributed by atoms with van der Waals surface area (Å²) in [6.45, 7) is 10.8. The van der Waals surface area contributed by atoms with Crippen LogP contribution in [0, 0.1) is 16.0 Å². The highest BCUT2D eigenvalue weighted by molar-refractivity contribution is 5.76. The van der Waals surface area contributed by atoms with Crippen molar-refractivity contribution in [1.82, 2.24) is 9.80 Å². The van der Waals surface area contributed by atoms with Gasteiger partial charge in [-0.3, -0.25) is 14.9 Å². The number of halogens is 3. The zero-order valence-corrected chi connectivity index (χ0v) is 24.9. The number of anilines is 1. The van der Waals surface area contributed by atoms with E-state index >= 15 is 0 Å². The number of piperidine rings is 2. The fraction of sp³-hybridized carbons (Fsp3) is 0.594. The molecule has 2 saturated heterocycles. The van der Waals surface area contributed by atoms with Crippen LogP contribution in [0.1, 0.15) is 76.0 Å². The Labute approximate surface area is 246 Å². The number of hydrogen-bond acceptors (Lipinski definition) is 5. The van der Waals surface area contributed by atoms with Gasteiger partial charge in [-0.25, -0.2) is 0 Å². The molecule has 1 N–H and O–H groups in total. The maximum atomic E-state index is 13.3. The van der Waals surface area contributed by atoms with Crippen LogP contribution < -0.4 is 5.32 Å². The topological polar surface area (TPSA) is 78.7 Å². The van der Waals surface area contributed by atoms with Gasteiger partial charge in [0.05, 0.1) is 4.92 Å². The SMILES string of the molecule is CC(C)(C)c1ccc(CC2CCN(CCCC(=O)N3CCC(Nc4ccc([N+](=O)[O-])c(C(F)(F)F)c4)CC3)CC2)cc1. The first-order chi connectivity index (χ1) is 19.8. The Balaban J connectivity index is 1.14. The van der Waals surface area contributed by atoms with Crippen LogP contribution in [-0.4, -0.2) is 59.4 Å². The smallest absolute Gasteiger partial charge is 0.382 e. The fourth-order valence-electron chi connectivity index (χ4n) is 6.02. The van der Waals surface area contributed by atoms with Crippen molar-refractivity contribution in [3.05, 3.63) is 69.3 Å². The summed E-state index contributed by atoms with van der Waals surface area (Å²) in [6.07, 6.45) is 1.19. The highest BCUT2D eigenvalue weighted by Gasteiger charge is 2.38. The average molecular weight is 589 g/mol. The Morgan fingerprint density at radius 3 is 2.19 bits per heavy atom. The van der Waals surface area contributed by atoms with Crippen LogP contribution in [0.2, 0.25) is 0 Å². The molecule has 0 aromatic heterocycles. The van der Waals surface area contributed by atoms with Gasteiger partial charge in [0.1, 0.15) is 5.56 Å². The van der Waals surface area contributed by atoms with E-state index in [-0.39, 0.29) is 23.1 Å².